The largest absolute Gasteiger partial charge is 0.379 e. The zero-order valence-corrected chi connectivity index (χ0v) is 14.7. The van der Waals surface area contributed by atoms with Crippen LogP contribution >= 0.6 is 0 Å². The first-order valence-electron chi connectivity index (χ1n) is 8.71. The van der Waals surface area contributed by atoms with Crippen LogP contribution in [0, 0.1) is 5.41 Å². The van der Waals surface area contributed by atoms with Gasteiger partial charge in [0.1, 0.15) is 0 Å². The summed E-state index contributed by atoms with van der Waals surface area (Å²) in [4.78, 5) is 0. The molecule has 1 saturated heterocycles. The predicted octanol–water partition coefficient (Wildman–Crippen LogP) is 2.68. The predicted molar refractivity (Wildman–Crippen MR) is 92.1 cm³/mol. The monoisotopic (exact) mass is 338 g/mol. The summed E-state index contributed by atoms with van der Waals surface area (Å²) in [6, 6.07) is 10.2. The molecule has 0 unspecified atom stereocenters. The molecule has 0 amide bonds. The highest BCUT2D eigenvalue weighted by Crippen LogP contribution is 2.19. The Labute approximate surface area is 145 Å². The van der Waals surface area contributed by atoms with Gasteiger partial charge in [0.15, 0.2) is 0 Å². The van der Waals surface area contributed by atoms with Crippen molar-refractivity contribution in [3.8, 4) is 0 Å². The van der Waals surface area contributed by atoms with Gasteiger partial charge in [0.05, 0.1) is 52.9 Å². The molecule has 1 heterocycles. The highest BCUT2D eigenvalue weighted by molar-refractivity contribution is 5.13. The lowest BCUT2D eigenvalue weighted by molar-refractivity contribution is -0.0810. The van der Waals surface area contributed by atoms with Crippen molar-refractivity contribution in [2.24, 2.45) is 5.41 Å². The van der Waals surface area contributed by atoms with Gasteiger partial charge >= 0.3 is 0 Å². The van der Waals surface area contributed by atoms with Crippen LogP contribution in [-0.2, 0) is 30.3 Å². The molecule has 5 heteroatoms. The molecule has 0 atom stereocenters. The Morgan fingerprint density at radius 2 is 1.42 bits per heavy atom. The molecule has 1 aromatic carbocycles. The molecule has 0 spiro atoms. The maximum Gasteiger partial charge on any atom is 0.0717 e. The first-order valence-corrected chi connectivity index (χ1v) is 8.71. The van der Waals surface area contributed by atoms with Crippen molar-refractivity contribution in [2.45, 2.75) is 20.0 Å². The summed E-state index contributed by atoms with van der Waals surface area (Å²) >= 11 is 0. The van der Waals surface area contributed by atoms with Gasteiger partial charge < -0.3 is 23.7 Å². The molecular formula is C19H30O5. The molecule has 0 saturated carbocycles. The second-order valence-electron chi connectivity index (χ2n) is 6.47. The minimum Gasteiger partial charge on any atom is -0.379 e. The van der Waals surface area contributed by atoms with Crippen LogP contribution < -0.4 is 0 Å². The second-order valence-corrected chi connectivity index (χ2v) is 6.47. The first kappa shape index (κ1) is 19.3. The van der Waals surface area contributed by atoms with Gasteiger partial charge in [0.2, 0.25) is 0 Å². The SMILES string of the molecule is CC1(COCc2ccccc2)COCCOCCCOCCOC1. The fourth-order valence-electron chi connectivity index (χ4n) is 2.45. The second kappa shape index (κ2) is 11.6. The Morgan fingerprint density at radius 1 is 0.833 bits per heavy atom. The van der Waals surface area contributed by atoms with E-state index in [2.05, 4.69) is 19.1 Å². The Morgan fingerprint density at radius 3 is 2.04 bits per heavy atom. The van der Waals surface area contributed by atoms with E-state index in [0.29, 0.717) is 66.1 Å². The van der Waals surface area contributed by atoms with E-state index in [0.717, 1.165) is 6.42 Å². The molecule has 2 rings (SSSR count). The first-order chi connectivity index (χ1) is 11.8. The lowest BCUT2D eigenvalue weighted by atomic mass is 9.94. The summed E-state index contributed by atoms with van der Waals surface area (Å²) in [5.74, 6) is 0. The van der Waals surface area contributed by atoms with Crippen molar-refractivity contribution >= 4 is 0 Å². The van der Waals surface area contributed by atoms with Crippen molar-refractivity contribution in [2.75, 3.05) is 59.5 Å². The zero-order chi connectivity index (χ0) is 16.9. The lowest BCUT2D eigenvalue weighted by Gasteiger charge is -2.29. The minimum absolute atomic E-state index is 0.182. The van der Waals surface area contributed by atoms with Crippen molar-refractivity contribution in [1.82, 2.24) is 0 Å². The van der Waals surface area contributed by atoms with Crippen molar-refractivity contribution in [3.05, 3.63) is 35.9 Å². The number of hydrogen-bond acceptors (Lipinski definition) is 5. The molecule has 0 aliphatic carbocycles. The molecule has 1 fully saturated rings. The molecule has 0 bridgehead atoms. The number of benzene rings is 1. The maximum absolute atomic E-state index is 5.91. The van der Waals surface area contributed by atoms with Gasteiger partial charge in [-0.2, -0.15) is 0 Å². The summed E-state index contributed by atoms with van der Waals surface area (Å²) in [6.07, 6.45) is 0.908. The van der Waals surface area contributed by atoms with E-state index in [-0.39, 0.29) is 5.41 Å². The van der Waals surface area contributed by atoms with Crippen LogP contribution in [0.4, 0.5) is 0 Å². The van der Waals surface area contributed by atoms with Gasteiger partial charge in [0.25, 0.3) is 0 Å². The van der Waals surface area contributed by atoms with Gasteiger partial charge in [-0.05, 0) is 12.0 Å². The molecule has 1 aliphatic heterocycles. The fourth-order valence-corrected chi connectivity index (χ4v) is 2.45. The average Bonchev–Trinajstić information content (AvgIpc) is 2.60. The van der Waals surface area contributed by atoms with E-state index in [1.54, 1.807) is 0 Å². The van der Waals surface area contributed by atoms with Gasteiger partial charge in [0, 0.05) is 18.6 Å². The molecule has 0 N–H and O–H groups in total. The smallest absolute Gasteiger partial charge is 0.0717 e. The molecular weight excluding hydrogens is 308 g/mol. The Balaban J connectivity index is 1.77. The van der Waals surface area contributed by atoms with Crippen molar-refractivity contribution in [3.63, 3.8) is 0 Å². The lowest BCUT2D eigenvalue weighted by Crippen LogP contribution is -2.35. The Hall–Kier alpha value is -0.980. The van der Waals surface area contributed by atoms with Crippen LogP contribution in [0.2, 0.25) is 0 Å². The topological polar surface area (TPSA) is 46.2 Å². The van der Waals surface area contributed by atoms with Gasteiger partial charge in [-0.15, -0.1) is 0 Å². The summed E-state index contributed by atoms with van der Waals surface area (Å²) in [5.41, 5.74) is 0.990. The fraction of sp³-hybridized carbons (Fsp3) is 0.684. The normalized spacial score (nSPS) is 21.0. The van der Waals surface area contributed by atoms with Crippen molar-refractivity contribution in [1.29, 1.82) is 0 Å². The highest BCUT2D eigenvalue weighted by Gasteiger charge is 2.26. The summed E-state index contributed by atoms with van der Waals surface area (Å²) in [7, 11) is 0. The molecule has 0 aromatic heterocycles. The summed E-state index contributed by atoms with van der Waals surface area (Å²) in [5, 5.41) is 0. The highest BCUT2D eigenvalue weighted by atomic mass is 16.5. The Bertz CT molecular complexity index is 409. The van der Waals surface area contributed by atoms with Crippen molar-refractivity contribution < 1.29 is 23.7 Å². The number of rotatable bonds is 4. The van der Waals surface area contributed by atoms with Crippen LogP contribution in [0.3, 0.4) is 0 Å². The van der Waals surface area contributed by atoms with Crippen LogP contribution in [-0.4, -0.2) is 59.5 Å². The van der Waals surface area contributed by atoms with E-state index >= 15 is 0 Å². The molecule has 0 radical (unpaired) electrons. The van der Waals surface area contributed by atoms with E-state index in [4.69, 9.17) is 23.7 Å². The third-order valence-electron chi connectivity index (χ3n) is 3.78. The molecule has 136 valence electrons. The van der Waals surface area contributed by atoms with Crippen LogP contribution in [0.1, 0.15) is 18.9 Å². The van der Waals surface area contributed by atoms with Crippen LogP contribution in [0.5, 0.6) is 0 Å². The quantitative estimate of drug-likeness (QED) is 0.845. The van der Waals surface area contributed by atoms with Gasteiger partial charge in [-0.25, -0.2) is 0 Å². The van der Waals surface area contributed by atoms with Crippen LogP contribution in [0.15, 0.2) is 30.3 Å². The van der Waals surface area contributed by atoms with Gasteiger partial charge in [-0.1, -0.05) is 37.3 Å². The summed E-state index contributed by atoms with van der Waals surface area (Å²) < 4.78 is 28.5. The van der Waals surface area contributed by atoms with Gasteiger partial charge in [-0.3, -0.25) is 0 Å². The van der Waals surface area contributed by atoms with E-state index < -0.39 is 0 Å². The Kier molecular flexibility index (Phi) is 9.31. The molecule has 24 heavy (non-hydrogen) atoms. The standard InChI is InChI=1S/C19H30O5/c1-19(17-24-14-18-6-3-2-4-7-18)15-22-12-10-20-8-5-9-21-11-13-23-16-19/h2-4,6-7H,5,8-17H2,1H3. The van der Waals surface area contributed by atoms with Crippen LogP contribution in [0.25, 0.3) is 0 Å². The number of hydrogen-bond donors (Lipinski definition) is 0. The molecule has 5 nitrogen and oxygen atoms in total. The van der Waals surface area contributed by atoms with E-state index in [9.17, 15) is 0 Å². The molecule has 1 aliphatic rings. The average molecular weight is 338 g/mol. The van der Waals surface area contributed by atoms with E-state index in [1.807, 2.05) is 18.2 Å². The third kappa shape index (κ3) is 8.22. The third-order valence-corrected chi connectivity index (χ3v) is 3.78. The maximum atomic E-state index is 5.91. The number of ether oxygens (including phenoxy) is 5. The minimum atomic E-state index is -0.182. The van der Waals surface area contributed by atoms with E-state index in [1.165, 1.54) is 5.56 Å². The zero-order valence-electron chi connectivity index (χ0n) is 14.7. The summed E-state index contributed by atoms with van der Waals surface area (Å²) in [6.45, 7) is 8.33. The molecule has 1 aromatic rings.